The number of nitrogens with zero attached hydrogens (tertiary/aromatic N) is 1. The average Bonchev–Trinajstić information content (AvgIpc) is 2.45. The van der Waals surface area contributed by atoms with Gasteiger partial charge >= 0.3 is 5.69 Å². The molecule has 0 aliphatic heterocycles. The summed E-state index contributed by atoms with van der Waals surface area (Å²) in [6.45, 7) is 1.89. The summed E-state index contributed by atoms with van der Waals surface area (Å²) in [4.78, 5) is 21.9. The highest BCUT2D eigenvalue weighted by atomic mass is 16.6. The summed E-state index contributed by atoms with van der Waals surface area (Å²) < 4.78 is 10.3. The lowest BCUT2D eigenvalue weighted by Crippen LogP contribution is -2.42. The second kappa shape index (κ2) is 7.29. The molecule has 8 heteroatoms. The predicted molar refractivity (Wildman–Crippen MR) is 71.3 cm³/mol. The molecule has 1 amide bonds. The average molecular weight is 283 g/mol. The molecule has 1 unspecified atom stereocenters. The van der Waals surface area contributed by atoms with Crippen molar-refractivity contribution < 1.29 is 19.2 Å². The molecular weight excluding hydrogens is 266 g/mol. The van der Waals surface area contributed by atoms with Crippen molar-refractivity contribution in [1.82, 2.24) is 5.43 Å². The van der Waals surface area contributed by atoms with Crippen LogP contribution in [0.2, 0.25) is 0 Å². The first kappa shape index (κ1) is 15.7. The van der Waals surface area contributed by atoms with E-state index in [-0.39, 0.29) is 17.2 Å². The molecule has 1 aromatic rings. The molecule has 0 saturated carbocycles. The quantitative estimate of drug-likeness (QED) is 0.335. The summed E-state index contributed by atoms with van der Waals surface area (Å²) in [5.41, 5.74) is 1.78. The summed E-state index contributed by atoms with van der Waals surface area (Å²) in [7, 11) is 1.34. The summed E-state index contributed by atoms with van der Waals surface area (Å²) in [5.74, 6) is 4.92. The lowest BCUT2D eigenvalue weighted by atomic mass is 10.2. The van der Waals surface area contributed by atoms with Crippen molar-refractivity contribution in [3.05, 3.63) is 28.3 Å². The second-order valence-corrected chi connectivity index (χ2v) is 3.99. The van der Waals surface area contributed by atoms with Gasteiger partial charge in [0.2, 0.25) is 0 Å². The van der Waals surface area contributed by atoms with Crippen LogP contribution in [0, 0.1) is 10.1 Å². The van der Waals surface area contributed by atoms with Crippen molar-refractivity contribution in [1.29, 1.82) is 0 Å². The molecule has 0 aromatic heterocycles. The summed E-state index contributed by atoms with van der Waals surface area (Å²) >= 11 is 0. The Kier molecular flexibility index (Phi) is 5.73. The molecular formula is C12H17N3O5. The second-order valence-electron chi connectivity index (χ2n) is 3.99. The first-order valence-electron chi connectivity index (χ1n) is 6.03. The molecule has 0 radical (unpaired) electrons. The van der Waals surface area contributed by atoms with Crippen LogP contribution in [0.1, 0.15) is 19.8 Å². The molecule has 8 nitrogen and oxygen atoms in total. The molecule has 1 atom stereocenters. The van der Waals surface area contributed by atoms with Gasteiger partial charge in [-0.15, -0.1) is 0 Å². The third-order valence-electron chi connectivity index (χ3n) is 2.61. The smallest absolute Gasteiger partial charge is 0.314 e. The van der Waals surface area contributed by atoms with Crippen LogP contribution in [-0.2, 0) is 4.79 Å². The summed E-state index contributed by atoms with van der Waals surface area (Å²) in [6, 6.07) is 4.13. The van der Waals surface area contributed by atoms with Crippen molar-refractivity contribution in [2.75, 3.05) is 7.11 Å². The molecule has 0 heterocycles. The number of methoxy groups -OCH3 is 1. The number of carbonyl (C=O) groups is 1. The van der Waals surface area contributed by atoms with Crippen LogP contribution < -0.4 is 20.7 Å². The van der Waals surface area contributed by atoms with Crippen LogP contribution >= 0.6 is 0 Å². The highest BCUT2D eigenvalue weighted by Crippen LogP contribution is 2.31. The van der Waals surface area contributed by atoms with Gasteiger partial charge in [-0.2, -0.15) is 0 Å². The van der Waals surface area contributed by atoms with Gasteiger partial charge in [-0.25, -0.2) is 5.84 Å². The van der Waals surface area contributed by atoms with Crippen LogP contribution in [0.5, 0.6) is 11.5 Å². The Morgan fingerprint density at radius 2 is 2.25 bits per heavy atom. The first-order chi connectivity index (χ1) is 9.53. The van der Waals surface area contributed by atoms with E-state index in [2.05, 4.69) is 0 Å². The van der Waals surface area contributed by atoms with Gasteiger partial charge in [0.05, 0.1) is 18.1 Å². The van der Waals surface area contributed by atoms with Crippen LogP contribution in [0.25, 0.3) is 0 Å². The van der Waals surface area contributed by atoms with Gasteiger partial charge < -0.3 is 9.47 Å². The number of nitro groups is 1. The number of benzene rings is 1. The fourth-order valence-electron chi connectivity index (χ4n) is 1.65. The normalized spacial score (nSPS) is 11.6. The fourth-order valence-corrected chi connectivity index (χ4v) is 1.65. The van der Waals surface area contributed by atoms with Crippen molar-refractivity contribution >= 4 is 11.6 Å². The third kappa shape index (κ3) is 3.82. The van der Waals surface area contributed by atoms with E-state index in [4.69, 9.17) is 15.3 Å². The number of nitro benzene ring substituents is 1. The number of ether oxygens (including phenoxy) is 2. The topological polar surface area (TPSA) is 117 Å². The number of amides is 1. The van der Waals surface area contributed by atoms with E-state index in [0.29, 0.717) is 12.8 Å². The molecule has 1 rings (SSSR count). The lowest BCUT2D eigenvalue weighted by molar-refractivity contribution is -0.385. The number of nitrogens with one attached hydrogen (secondary N) is 1. The standard InChI is InChI=1S/C12H17N3O5/c1-3-4-11(12(16)14-13)20-8-5-6-10(19-2)9(7-8)15(17)18/h5-7,11H,3-4,13H2,1-2H3,(H,14,16). The van der Waals surface area contributed by atoms with Crippen molar-refractivity contribution in [2.24, 2.45) is 5.84 Å². The van der Waals surface area contributed by atoms with Crippen LogP contribution in [0.4, 0.5) is 5.69 Å². The van der Waals surface area contributed by atoms with Crippen LogP contribution in [-0.4, -0.2) is 24.0 Å². The maximum atomic E-state index is 11.5. The van der Waals surface area contributed by atoms with E-state index < -0.39 is 16.9 Å². The van der Waals surface area contributed by atoms with Crippen molar-refractivity contribution in [3.63, 3.8) is 0 Å². The molecule has 0 fully saturated rings. The van der Waals surface area contributed by atoms with Crippen molar-refractivity contribution in [3.8, 4) is 11.5 Å². The summed E-state index contributed by atoms with van der Waals surface area (Å²) in [5, 5.41) is 10.9. The predicted octanol–water partition coefficient (Wildman–Crippen LogP) is 1.14. The Morgan fingerprint density at radius 3 is 2.75 bits per heavy atom. The van der Waals surface area contributed by atoms with Gasteiger partial charge in [-0.3, -0.25) is 20.3 Å². The SMILES string of the molecule is CCCC(Oc1ccc(OC)c([N+](=O)[O-])c1)C(=O)NN. The van der Waals surface area contributed by atoms with Crippen LogP contribution in [0.3, 0.4) is 0 Å². The van der Waals surface area contributed by atoms with Gasteiger partial charge in [-0.05, 0) is 18.6 Å². The molecule has 0 spiro atoms. The zero-order chi connectivity index (χ0) is 15.1. The molecule has 0 aliphatic rings. The Balaban J connectivity index is 2.98. The Hall–Kier alpha value is -2.35. The minimum atomic E-state index is -0.794. The Morgan fingerprint density at radius 1 is 1.55 bits per heavy atom. The maximum Gasteiger partial charge on any atom is 0.314 e. The largest absolute Gasteiger partial charge is 0.490 e. The van der Waals surface area contributed by atoms with E-state index in [1.807, 2.05) is 12.3 Å². The highest BCUT2D eigenvalue weighted by Gasteiger charge is 2.21. The van der Waals surface area contributed by atoms with Gasteiger partial charge in [0.25, 0.3) is 5.91 Å². The van der Waals surface area contributed by atoms with Gasteiger partial charge in [0, 0.05) is 0 Å². The number of hydrazine groups is 1. The molecule has 0 aliphatic carbocycles. The molecule has 3 N–H and O–H groups in total. The fraction of sp³-hybridized carbons (Fsp3) is 0.417. The van der Waals surface area contributed by atoms with E-state index >= 15 is 0 Å². The number of hydrogen-bond acceptors (Lipinski definition) is 6. The molecule has 0 bridgehead atoms. The lowest BCUT2D eigenvalue weighted by Gasteiger charge is -2.17. The van der Waals surface area contributed by atoms with Gasteiger partial charge in [-0.1, -0.05) is 13.3 Å². The monoisotopic (exact) mass is 283 g/mol. The van der Waals surface area contributed by atoms with E-state index in [1.165, 1.54) is 25.3 Å². The van der Waals surface area contributed by atoms with Crippen LogP contribution in [0.15, 0.2) is 18.2 Å². The van der Waals surface area contributed by atoms with Gasteiger partial charge in [0.1, 0.15) is 5.75 Å². The van der Waals surface area contributed by atoms with E-state index in [1.54, 1.807) is 0 Å². The third-order valence-corrected chi connectivity index (χ3v) is 2.61. The Labute approximate surface area is 116 Å². The van der Waals surface area contributed by atoms with Gasteiger partial charge in [0.15, 0.2) is 11.9 Å². The number of nitrogens with two attached hydrogens (primary N) is 1. The highest BCUT2D eigenvalue weighted by molar-refractivity contribution is 5.80. The Bertz CT molecular complexity index is 492. The number of rotatable bonds is 7. The number of carbonyl (C=O) groups excluding carboxylic acids is 1. The zero-order valence-corrected chi connectivity index (χ0v) is 11.3. The molecule has 110 valence electrons. The van der Waals surface area contributed by atoms with E-state index in [0.717, 1.165) is 0 Å². The molecule has 1 aromatic carbocycles. The maximum absolute atomic E-state index is 11.5. The molecule has 20 heavy (non-hydrogen) atoms. The minimum Gasteiger partial charge on any atom is -0.490 e. The zero-order valence-electron chi connectivity index (χ0n) is 11.3. The minimum absolute atomic E-state index is 0.123. The number of hydrogen-bond donors (Lipinski definition) is 2. The van der Waals surface area contributed by atoms with E-state index in [9.17, 15) is 14.9 Å². The molecule has 0 saturated heterocycles. The summed E-state index contributed by atoms with van der Waals surface area (Å²) in [6.07, 6.45) is 0.358. The first-order valence-corrected chi connectivity index (χ1v) is 6.03. The van der Waals surface area contributed by atoms with Crippen molar-refractivity contribution in [2.45, 2.75) is 25.9 Å².